The molecule has 2 atom stereocenters. The van der Waals surface area contributed by atoms with Crippen molar-refractivity contribution in [1.29, 1.82) is 0 Å². The molecule has 2 aromatic carbocycles. The highest BCUT2D eigenvalue weighted by molar-refractivity contribution is 7.92. The molecule has 1 N–H and O–H groups in total. The highest BCUT2D eigenvalue weighted by atomic mass is 32.2. The second-order valence-electron chi connectivity index (χ2n) is 10.7. The number of hydrogen-bond acceptors (Lipinski definition) is 9. The molecule has 0 spiro atoms. The number of rotatable bonds is 8. The fourth-order valence-electron chi connectivity index (χ4n) is 5.57. The number of pyridine rings is 1. The van der Waals surface area contributed by atoms with Crippen LogP contribution >= 0.6 is 20.6 Å². The first kappa shape index (κ1) is 30.7. The Morgan fingerprint density at radius 3 is 2.58 bits per heavy atom. The lowest BCUT2D eigenvalue weighted by Crippen LogP contribution is -2.25. The molecule has 6 aromatic rings. The zero-order chi connectivity index (χ0) is 32.2. The van der Waals surface area contributed by atoms with Gasteiger partial charge in [-0.25, -0.2) is 23.1 Å². The van der Waals surface area contributed by atoms with Gasteiger partial charge in [-0.3, -0.25) is 13.5 Å². The van der Waals surface area contributed by atoms with Crippen LogP contribution in [0.1, 0.15) is 24.2 Å². The van der Waals surface area contributed by atoms with Crippen LogP contribution in [0.2, 0.25) is 0 Å². The summed E-state index contributed by atoms with van der Waals surface area (Å²) in [6.07, 6.45) is 2.61. The third kappa shape index (κ3) is 5.24. The van der Waals surface area contributed by atoms with Crippen LogP contribution in [0.25, 0.3) is 38.2 Å². The van der Waals surface area contributed by atoms with Crippen molar-refractivity contribution in [1.82, 2.24) is 24.1 Å². The second kappa shape index (κ2) is 11.6. The highest BCUT2D eigenvalue weighted by Crippen LogP contribution is 2.39. The fourth-order valence-corrected chi connectivity index (χ4v) is 7.28. The summed E-state index contributed by atoms with van der Waals surface area (Å²) < 4.78 is 35.2. The standard InChI is InChI=1S/C31H32N7O4PS2/c1-17-15-44-25-14-22(26(31(39)37(17)25)19-8-7-9-21(43)12-19)18(2)38-30-27(29(32-3)33-16-34-30)28(35-38)20-10-11-24(42-5)23(13-20)36(4)45(6,40)41/h7-16,18H,43H2,1-6H3,(H,32,33,34)/t18-/m0/s1. The molecule has 1 unspecified atom stereocenters. The molecule has 0 radical (unpaired) electrons. The van der Waals surface area contributed by atoms with Gasteiger partial charge in [0.1, 0.15) is 28.4 Å². The van der Waals surface area contributed by atoms with Gasteiger partial charge in [-0.1, -0.05) is 18.2 Å². The summed E-state index contributed by atoms with van der Waals surface area (Å²) in [6, 6.07) is 14.7. The quantitative estimate of drug-likeness (QED) is 0.233. The molecule has 6 rings (SSSR count). The molecule has 0 saturated carbocycles. The maximum absolute atomic E-state index is 14.1. The van der Waals surface area contributed by atoms with Gasteiger partial charge in [0, 0.05) is 30.7 Å². The predicted molar refractivity (Wildman–Crippen MR) is 185 cm³/mol. The Hall–Kier alpha value is -4.32. The lowest BCUT2D eigenvalue weighted by molar-refractivity contribution is 0.416. The first-order valence-electron chi connectivity index (χ1n) is 14.0. The third-order valence-corrected chi connectivity index (χ3v) is 10.5. The molecule has 45 heavy (non-hydrogen) atoms. The molecule has 0 aliphatic rings. The van der Waals surface area contributed by atoms with Crippen molar-refractivity contribution in [2.45, 2.75) is 19.9 Å². The second-order valence-corrected chi connectivity index (χ2v) is 14.3. The molecular weight excluding hydrogens is 629 g/mol. The number of fused-ring (bicyclic) bond motifs is 2. The number of aromatic nitrogens is 5. The van der Waals surface area contributed by atoms with Crippen LogP contribution in [0.5, 0.6) is 5.75 Å². The number of methoxy groups -OCH3 is 1. The molecule has 14 heteroatoms. The number of aryl methyl sites for hydroxylation is 1. The van der Waals surface area contributed by atoms with Gasteiger partial charge in [0.2, 0.25) is 10.0 Å². The molecule has 232 valence electrons. The van der Waals surface area contributed by atoms with Crippen molar-refractivity contribution in [3.8, 4) is 28.1 Å². The summed E-state index contributed by atoms with van der Waals surface area (Å²) >= 11 is 1.51. The molecule has 0 fully saturated rings. The molecule has 4 aromatic heterocycles. The van der Waals surface area contributed by atoms with Crippen molar-refractivity contribution in [2.75, 3.05) is 37.1 Å². The number of benzene rings is 2. The number of sulfonamides is 1. The molecule has 0 aliphatic heterocycles. The minimum absolute atomic E-state index is 0.102. The van der Waals surface area contributed by atoms with Crippen molar-refractivity contribution < 1.29 is 13.2 Å². The number of thiazole rings is 1. The van der Waals surface area contributed by atoms with E-state index in [1.54, 1.807) is 28.3 Å². The summed E-state index contributed by atoms with van der Waals surface area (Å²) in [5.74, 6) is 0.956. The van der Waals surface area contributed by atoms with Gasteiger partial charge in [-0.15, -0.1) is 20.6 Å². The minimum atomic E-state index is -3.58. The number of nitrogens with one attached hydrogen (secondary N) is 1. The number of nitrogens with zero attached hydrogens (tertiary/aromatic N) is 6. The van der Waals surface area contributed by atoms with Crippen LogP contribution in [0.3, 0.4) is 0 Å². The zero-order valence-electron chi connectivity index (χ0n) is 25.6. The lowest BCUT2D eigenvalue weighted by Gasteiger charge is -2.20. The molecule has 11 nitrogen and oxygen atoms in total. The predicted octanol–water partition coefficient (Wildman–Crippen LogP) is 4.70. The molecule has 0 amide bonds. The Morgan fingerprint density at radius 1 is 1.11 bits per heavy atom. The van der Waals surface area contributed by atoms with E-state index in [0.29, 0.717) is 45.1 Å². The van der Waals surface area contributed by atoms with E-state index in [-0.39, 0.29) is 5.56 Å². The Balaban J connectivity index is 1.63. The number of ether oxygens (including phenoxy) is 1. The smallest absolute Gasteiger partial charge is 0.264 e. The maximum Gasteiger partial charge on any atom is 0.264 e. The highest BCUT2D eigenvalue weighted by Gasteiger charge is 2.27. The van der Waals surface area contributed by atoms with E-state index in [0.717, 1.165) is 33.2 Å². The molecule has 0 saturated heterocycles. The van der Waals surface area contributed by atoms with Gasteiger partial charge < -0.3 is 10.1 Å². The van der Waals surface area contributed by atoms with Gasteiger partial charge in [-0.05, 0) is 60.6 Å². The maximum atomic E-state index is 14.1. The molecule has 0 aliphatic carbocycles. The Bertz CT molecular complexity index is 2280. The Labute approximate surface area is 266 Å². The average molecular weight is 662 g/mol. The van der Waals surface area contributed by atoms with Crippen molar-refractivity contribution in [3.05, 3.63) is 81.8 Å². The van der Waals surface area contributed by atoms with Gasteiger partial charge >= 0.3 is 0 Å². The summed E-state index contributed by atoms with van der Waals surface area (Å²) in [5.41, 5.74) is 5.06. The summed E-state index contributed by atoms with van der Waals surface area (Å²) in [6.45, 7) is 3.92. The molecular formula is C31H32N7O4PS2. The van der Waals surface area contributed by atoms with Crippen molar-refractivity contribution >= 4 is 63.3 Å². The van der Waals surface area contributed by atoms with Crippen LogP contribution in [-0.2, 0) is 10.0 Å². The number of anilines is 2. The van der Waals surface area contributed by atoms with E-state index in [2.05, 4.69) is 30.6 Å². The minimum Gasteiger partial charge on any atom is -0.495 e. The average Bonchev–Trinajstić information content (AvgIpc) is 3.60. The van der Waals surface area contributed by atoms with E-state index in [4.69, 9.17) is 9.84 Å². The van der Waals surface area contributed by atoms with Crippen molar-refractivity contribution in [3.63, 3.8) is 0 Å². The molecule has 4 heterocycles. The van der Waals surface area contributed by atoms with E-state index < -0.39 is 16.1 Å². The van der Waals surface area contributed by atoms with E-state index in [1.165, 1.54) is 36.1 Å². The van der Waals surface area contributed by atoms with Crippen LogP contribution < -0.4 is 25.2 Å². The monoisotopic (exact) mass is 661 g/mol. The third-order valence-electron chi connectivity index (χ3n) is 7.91. The largest absolute Gasteiger partial charge is 0.495 e. The number of hydrogen-bond donors (Lipinski definition) is 1. The van der Waals surface area contributed by atoms with Gasteiger partial charge in [-0.2, -0.15) is 5.10 Å². The zero-order valence-corrected chi connectivity index (χ0v) is 28.3. The lowest BCUT2D eigenvalue weighted by atomic mass is 9.97. The van der Waals surface area contributed by atoms with E-state index in [9.17, 15) is 13.2 Å². The summed E-state index contributed by atoms with van der Waals surface area (Å²) in [7, 11) is 3.85. The normalized spacial score (nSPS) is 12.5. The van der Waals surface area contributed by atoms with Gasteiger partial charge in [0.15, 0.2) is 5.65 Å². The van der Waals surface area contributed by atoms with E-state index >= 15 is 0 Å². The summed E-state index contributed by atoms with van der Waals surface area (Å²) in [4.78, 5) is 24.1. The topological polar surface area (TPSA) is 124 Å². The Morgan fingerprint density at radius 2 is 1.89 bits per heavy atom. The first-order valence-corrected chi connectivity index (χ1v) is 17.3. The van der Waals surface area contributed by atoms with E-state index in [1.807, 2.05) is 49.6 Å². The molecule has 0 bridgehead atoms. The van der Waals surface area contributed by atoms with Crippen molar-refractivity contribution in [2.24, 2.45) is 0 Å². The van der Waals surface area contributed by atoms with Crippen LogP contribution in [-0.4, -0.2) is 60.0 Å². The SMILES string of the molecule is CNc1ncnc2c1c(-c1ccc(OC)c(N(C)S(C)(=O)=O)c1)nn2[C@@H](C)c1cc2scc(C)n2c(=O)c1-c1cccc(P)c1. The first-order chi connectivity index (χ1) is 21.4. The van der Waals surface area contributed by atoms with Crippen LogP contribution in [0.15, 0.2) is 65.0 Å². The van der Waals surface area contributed by atoms with Crippen LogP contribution in [0, 0.1) is 6.92 Å². The van der Waals surface area contributed by atoms with Crippen LogP contribution in [0.4, 0.5) is 11.5 Å². The fraction of sp³-hybridized carbons (Fsp3) is 0.226. The van der Waals surface area contributed by atoms with Gasteiger partial charge in [0.05, 0.1) is 36.0 Å². The Kier molecular flexibility index (Phi) is 7.88. The summed E-state index contributed by atoms with van der Waals surface area (Å²) in [5, 5.41) is 11.8. The van der Waals surface area contributed by atoms with Gasteiger partial charge in [0.25, 0.3) is 5.56 Å².